The van der Waals surface area contributed by atoms with E-state index < -0.39 is 11.9 Å². The average Bonchev–Trinajstić information content (AvgIpc) is 2.16. The predicted octanol–water partition coefficient (Wildman–Crippen LogP) is 1.78. The zero-order valence-corrected chi connectivity index (χ0v) is 9.04. The number of carbonyl (C=O) groups excluding carboxylic acids is 2. The highest BCUT2D eigenvalue weighted by molar-refractivity contribution is 5.87. The Bertz CT molecular complexity index is 250. The van der Waals surface area contributed by atoms with Crippen LogP contribution in [0.4, 0.5) is 0 Å². The summed E-state index contributed by atoms with van der Waals surface area (Å²) in [7, 11) is 0. The zero-order chi connectivity index (χ0) is 11.8. The van der Waals surface area contributed by atoms with Gasteiger partial charge in [-0.25, -0.2) is 9.59 Å². The van der Waals surface area contributed by atoms with Crippen molar-refractivity contribution in [2.75, 3.05) is 6.61 Å². The lowest BCUT2D eigenvalue weighted by molar-refractivity contribution is -0.139. The molecule has 0 aliphatic rings. The van der Waals surface area contributed by atoms with Crippen LogP contribution in [0.15, 0.2) is 24.3 Å². The van der Waals surface area contributed by atoms with Gasteiger partial charge in [0.2, 0.25) is 0 Å². The lowest BCUT2D eigenvalue weighted by atomic mass is 10.3. The van der Waals surface area contributed by atoms with Crippen molar-refractivity contribution < 1.29 is 19.1 Å². The molecule has 0 atom stereocenters. The van der Waals surface area contributed by atoms with Gasteiger partial charge in [-0.15, -0.1) is 0 Å². The maximum Gasteiger partial charge on any atom is 0.333 e. The molecular formula is C11H15O4. The van der Waals surface area contributed by atoms with Gasteiger partial charge >= 0.3 is 11.9 Å². The highest BCUT2D eigenvalue weighted by Crippen LogP contribution is 1.99. The maximum atomic E-state index is 10.9. The molecule has 0 aromatic heterocycles. The van der Waals surface area contributed by atoms with E-state index in [-0.39, 0.29) is 6.61 Å². The van der Waals surface area contributed by atoms with Crippen molar-refractivity contribution in [1.29, 1.82) is 0 Å². The van der Waals surface area contributed by atoms with Gasteiger partial charge in [-0.2, -0.15) is 0 Å². The summed E-state index contributed by atoms with van der Waals surface area (Å²) in [4.78, 5) is 21.8. The van der Waals surface area contributed by atoms with Crippen LogP contribution in [0.2, 0.25) is 0 Å². The standard InChI is InChI=1S/C11H15O4/c1-8(2)10(12)14-6-5-7-15-11(13)9(3)4/h6H,1,3,5,7H2,2,4H3. The molecule has 0 amide bonds. The first-order valence-corrected chi connectivity index (χ1v) is 4.46. The molecule has 0 aliphatic carbocycles. The summed E-state index contributed by atoms with van der Waals surface area (Å²) >= 11 is 0. The monoisotopic (exact) mass is 211 g/mol. The lowest BCUT2D eigenvalue weighted by Gasteiger charge is -2.04. The van der Waals surface area contributed by atoms with E-state index in [1.807, 2.05) is 0 Å². The molecule has 0 aliphatic heterocycles. The second-order valence-corrected chi connectivity index (χ2v) is 3.06. The molecule has 0 heterocycles. The predicted molar refractivity (Wildman–Crippen MR) is 55.6 cm³/mol. The van der Waals surface area contributed by atoms with Gasteiger partial charge in [-0.05, 0) is 13.8 Å². The molecule has 4 heteroatoms. The van der Waals surface area contributed by atoms with Gasteiger partial charge < -0.3 is 9.47 Å². The smallest absolute Gasteiger partial charge is 0.333 e. The molecule has 0 unspecified atom stereocenters. The second kappa shape index (κ2) is 6.81. The van der Waals surface area contributed by atoms with E-state index in [2.05, 4.69) is 17.9 Å². The highest BCUT2D eigenvalue weighted by atomic mass is 16.5. The van der Waals surface area contributed by atoms with E-state index in [1.165, 1.54) is 6.61 Å². The fourth-order valence-electron chi connectivity index (χ4n) is 0.558. The van der Waals surface area contributed by atoms with Crippen molar-refractivity contribution in [1.82, 2.24) is 0 Å². The Morgan fingerprint density at radius 1 is 1.13 bits per heavy atom. The first-order valence-electron chi connectivity index (χ1n) is 4.46. The van der Waals surface area contributed by atoms with Crippen molar-refractivity contribution in [3.05, 3.63) is 30.9 Å². The van der Waals surface area contributed by atoms with Gasteiger partial charge in [0.25, 0.3) is 0 Å². The summed E-state index contributed by atoms with van der Waals surface area (Å²) in [6, 6.07) is 0. The number of carbonyl (C=O) groups is 2. The molecule has 83 valence electrons. The number of esters is 2. The summed E-state index contributed by atoms with van der Waals surface area (Å²) in [6.07, 6.45) is 0.345. The molecule has 15 heavy (non-hydrogen) atoms. The Balaban J connectivity index is 3.48. The molecule has 0 fully saturated rings. The van der Waals surface area contributed by atoms with E-state index in [1.54, 1.807) is 13.8 Å². The van der Waals surface area contributed by atoms with E-state index in [4.69, 9.17) is 4.74 Å². The summed E-state index contributed by atoms with van der Waals surface area (Å²) in [6.45, 7) is 11.4. The maximum absolute atomic E-state index is 10.9. The lowest BCUT2D eigenvalue weighted by Crippen LogP contribution is -2.08. The Morgan fingerprint density at radius 3 is 2.13 bits per heavy atom. The molecule has 0 bridgehead atoms. The summed E-state index contributed by atoms with van der Waals surface area (Å²) in [5.74, 6) is -0.934. The normalized spacial score (nSPS) is 9.20. The molecule has 0 N–H and O–H groups in total. The van der Waals surface area contributed by atoms with Crippen molar-refractivity contribution in [2.45, 2.75) is 20.3 Å². The van der Waals surface area contributed by atoms with Crippen LogP contribution in [0.5, 0.6) is 0 Å². The first-order chi connectivity index (χ1) is 6.95. The third-order valence-electron chi connectivity index (χ3n) is 1.36. The third kappa shape index (κ3) is 6.49. The second-order valence-electron chi connectivity index (χ2n) is 3.06. The molecule has 0 aromatic carbocycles. The van der Waals surface area contributed by atoms with Crippen molar-refractivity contribution in [2.24, 2.45) is 0 Å². The first kappa shape index (κ1) is 13.4. The van der Waals surface area contributed by atoms with Gasteiger partial charge in [0.1, 0.15) is 6.61 Å². The minimum absolute atomic E-state index is 0.162. The van der Waals surface area contributed by atoms with Gasteiger partial charge in [-0.1, -0.05) is 13.2 Å². The molecule has 1 radical (unpaired) electrons. The number of hydrogen-bond acceptors (Lipinski definition) is 4. The fraction of sp³-hybridized carbons (Fsp3) is 0.364. The summed E-state index contributed by atoms with van der Waals surface area (Å²) in [5, 5.41) is 0. The number of ether oxygens (including phenoxy) is 2. The van der Waals surface area contributed by atoms with E-state index in [0.29, 0.717) is 17.6 Å². The molecule has 4 nitrogen and oxygen atoms in total. The minimum atomic E-state index is -0.485. The summed E-state index contributed by atoms with van der Waals surface area (Å²) in [5.41, 5.74) is 0.666. The van der Waals surface area contributed by atoms with E-state index in [0.717, 1.165) is 0 Å². The quantitative estimate of drug-likeness (QED) is 0.382. The molecular weight excluding hydrogens is 196 g/mol. The Kier molecular flexibility index (Phi) is 6.09. The van der Waals surface area contributed by atoms with Crippen LogP contribution >= 0.6 is 0 Å². The fourth-order valence-corrected chi connectivity index (χ4v) is 0.558. The Morgan fingerprint density at radius 2 is 1.67 bits per heavy atom. The highest BCUT2D eigenvalue weighted by Gasteiger charge is 2.05. The zero-order valence-electron chi connectivity index (χ0n) is 9.04. The number of rotatable bonds is 6. The van der Waals surface area contributed by atoms with Crippen LogP contribution in [-0.4, -0.2) is 18.5 Å². The Hall–Kier alpha value is -1.58. The third-order valence-corrected chi connectivity index (χ3v) is 1.36. The van der Waals surface area contributed by atoms with Crippen molar-refractivity contribution in [3.63, 3.8) is 0 Å². The van der Waals surface area contributed by atoms with Gasteiger partial charge in [0.05, 0.1) is 6.61 Å². The molecule has 0 rings (SSSR count). The van der Waals surface area contributed by atoms with Crippen LogP contribution < -0.4 is 0 Å². The SMILES string of the molecule is C=C(C)C(=O)O[CH]CCOC(=O)C(=C)C. The van der Waals surface area contributed by atoms with E-state index >= 15 is 0 Å². The largest absolute Gasteiger partial charge is 0.462 e. The topological polar surface area (TPSA) is 52.6 Å². The van der Waals surface area contributed by atoms with Crippen LogP contribution in [0.3, 0.4) is 0 Å². The minimum Gasteiger partial charge on any atom is -0.462 e. The van der Waals surface area contributed by atoms with Crippen LogP contribution in [0.25, 0.3) is 0 Å². The molecule has 0 saturated heterocycles. The van der Waals surface area contributed by atoms with E-state index in [9.17, 15) is 9.59 Å². The van der Waals surface area contributed by atoms with Crippen molar-refractivity contribution in [3.8, 4) is 0 Å². The van der Waals surface area contributed by atoms with Gasteiger partial charge in [0, 0.05) is 17.6 Å². The van der Waals surface area contributed by atoms with Gasteiger partial charge in [-0.3, -0.25) is 0 Å². The van der Waals surface area contributed by atoms with Crippen molar-refractivity contribution >= 4 is 11.9 Å². The van der Waals surface area contributed by atoms with Crippen LogP contribution in [0, 0.1) is 6.61 Å². The average molecular weight is 211 g/mol. The summed E-state index contributed by atoms with van der Waals surface area (Å²) < 4.78 is 9.43. The molecule has 0 saturated carbocycles. The van der Waals surface area contributed by atoms with Crippen LogP contribution in [-0.2, 0) is 19.1 Å². The molecule has 0 spiro atoms. The molecule has 0 aromatic rings. The number of hydrogen-bond donors (Lipinski definition) is 0. The van der Waals surface area contributed by atoms with Crippen LogP contribution in [0.1, 0.15) is 20.3 Å². The van der Waals surface area contributed by atoms with Gasteiger partial charge in [0.15, 0.2) is 0 Å². The Labute approximate surface area is 89.6 Å².